The van der Waals surface area contributed by atoms with Gasteiger partial charge in [-0.25, -0.2) is 16.1 Å². The van der Waals surface area contributed by atoms with Crippen LogP contribution in [0.5, 0.6) is 5.75 Å². The first-order valence-electron chi connectivity index (χ1n) is 5.05. The minimum atomic E-state index is -0.692. The van der Waals surface area contributed by atoms with Crippen LogP contribution in [0.15, 0.2) is 18.2 Å². The molecule has 0 unspecified atom stereocenters. The van der Waals surface area contributed by atoms with Gasteiger partial charge in [-0.3, -0.25) is 15.6 Å². The number of benzene rings is 1. The van der Waals surface area contributed by atoms with E-state index in [-0.39, 0.29) is 18.1 Å². The number of aromatic hydroxyl groups is 1. The fraction of sp³-hybridized carbons (Fsp3) is 0.200. The summed E-state index contributed by atoms with van der Waals surface area (Å²) in [5.41, 5.74) is 7.04. The Morgan fingerprint density at radius 1 is 1.33 bits per heavy atom. The van der Waals surface area contributed by atoms with Crippen molar-refractivity contribution in [2.45, 2.75) is 12.8 Å². The van der Waals surface area contributed by atoms with E-state index >= 15 is 0 Å². The lowest BCUT2D eigenvalue weighted by Gasteiger charge is -2.07. The summed E-state index contributed by atoms with van der Waals surface area (Å²) in [4.78, 5) is 22.1. The van der Waals surface area contributed by atoms with E-state index in [9.17, 15) is 14.7 Å². The molecule has 0 bridgehead atoms. The number of phenolic OH excluding ortho intramolecular Hbond substituents is 1. The first-order valence-corrected chi connectivity index (χ1v) is 6.13. The normalized spacial score (nSPS) is 9.67. The summed E-state index contributed by atoms with van der Waals surface area (Å²) in [7, 11) is 0. The highest BCUT2D eigenvalue weighted by molar-refractivity contribution is 14.1. The summed E-state index contributed by atoms with van der Waals surface area (Å²) in [5.74, 6) is 4.68. The van der Waals surface area contributed by atoms with Gasteiger partial charge in [0, 0.05) is 9.99 Å². The van der Waals surface area contributed by atoms with Gasteiger partial charge < -0.3 is 5.11 Å². The van der Waals surface area contributed by atoms with E-state index in [1.54, 1.807) is 18.2 Å². The number of phenols is 1. The van der Waals surface area contributed by atoms with Crippen LogP contribution in [0.3, 0.4) is 0 Å². The highest BCUT2D eigenvalue weighted by atomic mass is 127. The molecule has 0 saturated heterocycles. The van der Waals surface area contributed by atoms with Gasteiger partial charge in [-0.2, -0.15) is 0 Å². The first-order chi connectivity index (χ1) is 8.52. The third kappa shape index (κ3) is 4.75. The molecule has 7 nitrogen and oxygen atoms in total. The maximum absolute atomic E-state index is 11.4. The molecule has 0 fully saturated rings. The van der Waals surface area contributed by atoms with E-state index in [2.05, 4.69) is 33.4 Å². The highest BCUT2D eigenvalue weighted by Crippen LogP contribution is 2.19. The van der Waals surface area contributed by atoms with Crippen molar-refractivity contribution in [2.75, 3.05) is 0 Å². The molecule has 18 heavy (non-hydrogen) atoms. The highest BCUT2D eigenvalue weighted by Gasteiger charge is 2.06. The number of hydrazine groups is 2. The molecule has 0 atom stereocenters. The number of halogens is 1. The Bertz CT molecular complexity index is 453. The second kappa shape index (κ2) is 7.01. The Hall–Kier alpha value is -1.55. The lowest BCUT2D eigenvalue weighted by molar-refractivity contribution is -0.121. The first kappa shape index (κ1) is 14.5. The van der Waals surface area contributed by atoms with E-state index in [1.165, 1.54) is 0 Å². The summed E-state index contributed by atoms with van der Waals surface area (Å²) in [6.45, 7) is 0. The van der Waals surface area contributed by atoms with Crippen LogP contribution in [0.25, 0.3) is 0 Å². The molecular formula is C10H13IN4O3. The van der Waals surface area contributed by atoms with Crippen LogP contribution in [0, 0.1) is 3.57 Å². The molecule has 3 amide bonds. The van der Waals surface area contributed by atoms with Crippen molar-refractivity contribution >= 4 is 34.5 Å². The number of urea groups is 1. The average molecular weight is 364 g/mol. The van der Waals surface area contributed by atoms with Gasteiger partial charge in [0.15, 0.2) is 0 Å². The Morgan fingerprint density at radius 2 is 2.06 bits per heavy atom. The molecule has 0 aliphatic heterocycles. The van der Waals surface area contributed by atoms with E-state index in [1.807, 2.05) is 5.43 Å². The number of nitrogens with two attached hydrogens (primary N) is 1. The fourth-order valence-electron chi connectivity index (χ4n) is 1.21. The number of nitrogens with one attached hydrogen (secondary N) is 3. The van der Waals surface area contributed by atoms with Crippen LogP contribution in [-0.4, -0.2) is 17.0 Å². The molecule has 0 radical (unpaired) electrons. The molecule has 1 aromatic carbocycles. The van der Waals surface area contributed by atoms with Crippen LogP contribution < -0.4 is 22.1 Å². The third-order valence-electron chi connectivity index (χ3n) is 2.10. The Balaban J connectivity index is 2.40. The predicted octanol–water partition coefficient (Wildman–Crippen LogP) is 0.134. The molecule has 98 valence electrons. The Kier molecular flexibility index (Phi) is 5.65. The number of carbonyl (C=O) groups is 2. The zero-order valence-corrected chi connectivity index (χ0v) is 11.5. The maximum Gasteiger partial charge on any atom is 0.347 e. The number of hydrogen-bond donors (Lipinski definition) is 5. The SMILES string of the molecule is NNC(=O)NNC(=O)CCc1ccc(O)cc1I. The number of amides is 3. The minimum absolute atomic E-state index is 0.189. The molecule has 0 heterocycles. The van der Waals surface area contributed by atoms with Gasteiger partial charge in [-0.15, -0.1) is 0 Å². The summed E-state index contributed by atoms with van der Waals surface area (Å²) in [5, 5.41) is 9.24. The average Bonchev–Trinajstić information content (AvgIpc) is 2.34. The number of carbonyl (C=O) groups excluding carboxylic acids is 2. The molecule has 6 N–H and O–H groups in total. The smallest absolute Gasteiger partial charge is 0.347 e. The fourth-order valence-corrected chi connectivity index (χ4v) is 1.98. The van der Waals surface area contributed by atoms with Crippen molar-refractivity contribution in [3.8, 4) is 5.75 Å². The van der Waals surface area contributed by atoms with E-state index in [0.29, 0.717) is 6.42 Å². The molecule has 1 rings (SSSR count). The van der Waals surface area contributed by atoms with Gasteiger partial charge in [0.25, 0.3) is 0 Å². The van der Waals surface area contributed by atoms with Gasteiger partial charge in [0.05, 0.1) is 0 Å². The quantitative estimate of drug-likeness (QED) is 0.227. The number of rotatable bonds is 3. The van der Waals surface area contributed by atoms with Gasteiger partial charge >= 0.3 is 6.03 Å². The van der Waals surface area contributed by atoms with Crippen molar-refractivity contribution in [3.63, 3.8) is 0 Å². The van der Waals surface area contributed by atoms with E-state index in [4.69, 9.17) is 5.84 Å². The Morgan fingerprint density at radius 3 is 2.67 bits per heavy atom. The van der Waals surface area contributed by atoms with Gasteiger partial charge in [0.1, 0.15) is 5.75 Å². The molecule has 0 aliphatic carbocycles. The van der Waals surface area contributed by atoms with Crippen molar-refractivity contribution < 1.29 is 14.7 Å². The van der Waals surface area contributed by atoms with Crippen LogP contribution in [-0.2, 0) is 11.2 Å². The van der Waals surface area contributed by atoms with Gasteiger partial charge in [-0.05, 0) is 46.7 Å². The zero-order chi connectivity index (χ0) is 13.5. The van der Waals surface area contributed by atoms with Crippen molar-refractivity contribution in [1.82, 2.24) is 16.3 Å². The van der Waals surface area contributed by atoms with Gasteiger partial charge in [0.2, 0.25) is 5.91 Å². The monoisotopic (exact) mass is 364 g/mol. The second-order valence-corrected chi connectivity index (χ2v) is 4.58. The van der Waals surface area contributed by atoms with Crippen molar-refractivity contribution in [3.05, 3.63) is 27.3 Å². The van der Waals surface area contributed by atoms with Crippen LogP contribution in [0.2, 0.25) is 0 Å². The van der Waals surface area contributed by atoms with E-state index in [0.717, 1.165) is 9.13 Å². The predicted molar refractivity (Wildman–Crippen MR) is 73.1 cm³/mol. The molecule has 8 heteroatoms. The standard InChI is InChI=1S/C10H13IN4O3/c11-8-5-7(16)3-1-6(8)2-4-9(17)14-15-10(18)13-12/h1,3,5,16H,2,4,12H2,(H,14,17)(H2,13,15,18). The summed E-state index contributed by atoms with van der Waals surface area (Å²) < 4.78 is 0.882. The lowest BCUT2D eigenvalue weighted by atomic mass is 10.1. The third-order valence-corrected chi connectivity index (χ3v) is 3.11. The van der Waals surface area contributed by atoms with Crippen molar-refractivity contribution in [1.29, 1.82) is 0 Å². The molecule has 0 spiro atoms. The summed E-state index contributed by atoms with van der Waals surface area (Å²) >= 11 is 2.08. The van der Waals surface area contributed by atoms with Crippen molar-refractivity contribution in [2.24, 2.45) is 5.84 Å². The second-order valence-electron chi connectivity index (χ2n) is 3.42. The number of hydrogen-bond acceptors (Lipinski definition) is 4. The van der Waals surface area contributed by atoms with Crippen LogP contribution in [0.4, 0.5) is 4.79 Å². The van der Waals surface area contributed by atoms with E-state index < -0.39 is 6.03 Å². The topological polar surface area (TPSA) is 116 Å². The summed E-state index contributed by atoms with van der Waals surface area (Å²) in [6.07, 6.45) is 0.724. The molecule has 0 aromatic heterocycles. The summed E-state index contributed by atoms with van der Waals surface area (Å²) in [6, 6.07) is 4.25. The Labute approximate surface area is 117 Å². The number of aryl methyl sites for hydroxylation is 1. The minimum Gasteiger partial charge on any atom is -0.508 e. The zero-order valence-electron chi connectivity index (χ0n) is 9.37. The van der Waals surface area contributed by atoms with Gasteiger partial charge in [-0.1, -0.05) is 6.07 Å². The molecule has 0 aliphatic rings. The molecule has 0 saturated carbocycles. The lowest BCUT2D eigenvalue weighted by Crippen LogP contribution is -2.49. The van der Waals surface area contributed by atoms with Crippen LogP contribution >= 0.6 is 22.6 Å². The largest absolute Gasteiger partial charge is 0.508 e. The molecule has 1 aromatic rings. The molecular weight excluding hydrogens is 351 g/mol. The van der Waals surface area contributed by atoms with Crippen LogP contribution in [0.1, 0.15) is 12.0 Å². The maximum atomic E-state index is 11.4.